The Hall–Kier alpha value is -1.34. The molecule has 0 bridgehead atoms. The van der Waals surface area contributed by atoms with E-state index in [9.17, 15) is 9.59 Å². The largest absolute Gasteiger partial charge is 0.351 e. The van der Waals surface area contributed by atoms with Crippen LogP contribution >= 0.6 is 24.8 Å². The van der Waals surface area contributed by atoms with Crippen LogP contribution in [0.5, 0.6) is 0 Å². The van der Waals surface area contributed by atoms with Crippen LogP contribution in [0.2, 0.25) is 0 Å². The van der Waals surface area contributed by atoms with Crippen molar-refractivity contribution in [3.8, 4) is 0 Å². The van der Waals surface area contributed by atoms with Crippen LogP contribution < -0.4 is 16.4 Å². The number of anilines is 1. The summed E-state index contributed by atoms with van der Waals surface area (Å²) in [6.45, 7) is 11.6. The van der Waals surface area contributed by atoms with Crippen LogP contribution in [-0.2, 0) is 4.79 Å². The van der Waals surface area contributed by atoms with Crippen molar-refractivity contribution in [1.82, 2.24) is 10.2 Å². The summed E-state index contributed by atoms with van der Waals surface area (Å²) in [6, 6.07) is 6.37. The molecule has 0 fully saturated rings. The zero-order valence-corrected chi connectivity index (χ0v) is 18.3. The van der Waals surface area contributed by atoms with Gasteiger partial charge in [0.15, 0.2) is 0 Å². The van der Waals surface area contributed by atoms with E-state index in [2.05, 4.69) is 29.4 Å². The Kier molecular flexibility index (Phi) is 15.2. The monoisotopic (exact) mass is 420 g/mol. The second-order valence-electron chi connectivity index (χ2n) is 6.59. The molecule has 1 aromatic rings. The van der Waals surface area contributed by atoms with Crippen molar-refractivity contribution >= 4 is 42.3 Å². The highest BCUT2D eigenvalue weighted by Gasteiger charge is 2.15. The summed E-state index contributed by atoms with van der Waals surface area (Å²) in [7, 11) is 0. The summed E-state index contributed by atoms with van der Waals surface area (Å²) in [5, 5.41) is 5.69. The predicted octanol–water partition coefficient (Wildman–Crippen LogP) is 2.91. The third kappa shape index (κ3) is 10.5. The Morgan fingerprint density at radius 2 is 1.78 bits per heavy atom. The average Bonchev–Trinajstić information content (AvgIpc) is 2.58. The average molecular weight is 421 g/mol. The second kappa shape index (κ2) is 14.7. The van der Waals surface area contributed by atoms with Crippen molar-refractivity contribution in [2.24, 2.45) is 11.7 Å². The first-order chi connectivity index (χ1) is 11.9. The van der Waals surface area contributed by atoms with E-state index in [1.54, 1.807) is 24.3 Å². The van der Waals surface area contributed by atoms with Gasteiger partial charge in [-0.05, 0) is 43.6 Å². The summed E-state index contributed by atoms with van der Waals surface area (Å²) in [6.07, 6.45) is 0.622. The zero-order chi connectivity index (χ0) is 18.8. The normalized spacial score (nSPS) is 11.4. The molecule has 0 aliphatic carbocycles. The lowest BCUT2D eigenvalue weighted by Crippen LogP contribution is -2.36. The lowest BCUT2D eigenvalue weighted by molar-refractivity contribution is -0.117. The van der Waals surface area contributed by atoms with E-state index in [-0.39, 0.29) is 36.6 Å². The molecule has 8 heteroatoms. The summed E-state index contributed by atoms with van der Waals surface area (Å²) in [5.74, 6) is -0.0220. The lowest BCUT2D eigenvalue weighted by Gasteiger charge is -2.18. The van der Waals surface area contributed by atoms with Gasteiger partial charge in [0.25, 0.3) is 5.91 Å². The maximum Gasteiger partial charge on any atom is 0.251 e. The molecule has 0 spiro atoms. The van der Waals surface area contributed by atoms with E-state index in [1.807, 2.05) is 13.8 Å². The van der Waals surface area contributed by atoms with Crippen molar-refractivity contribution in [3.63, 3.8) is 0 Å². The number of hydrogen-bond acceptors (Lipinski definition) is 4. The van der Waals surface area contributed by atoms with Crippen molar-refractivity contribution in [1.29, 1.82) is 0 Å². The fraction of sp³-hybridized carbons (Fsp3) is 0.579. The minimum absolute atomic E-state index is 0. The first-order valence-corrected chi connectivity index (χ1v) is 9.04. The van der Waals surface area contributed by atoms with Gasteiger partial charge in [0.2, 0.25) is 5.91 Å². The van der Waals surface area contributed by atoms with Crippen molar-refractivity contribution in [2.75, 3.05) is 31.5 Å². The molecule has 4 N–H and O–H groups in total. The Morgan fingerprint density at radius 3 is 2.33 bits per heavy atom. The molecule has 6 nitrogen and oxygen atoms in total. The fourth-order valence-electron chi connectivity index (χ4n) is 2.56. The number of hydrogen-bond donors (Lipinski definition) is 3. The molecule has 0 radical (unpaired) electrons. The number of nitrogens with zero attached hydrogens (tertiary/aromatic N) is 1. The number of carbonyl (C=O) groups excluding carboxylic acids is 2. The number of amides is 2. The van der Waals surface area contributed by atoms with Gasteiger partial charge in [0, 0.05) is 24.3 Å². The maximum atomic E-state index is 12.3. The van der Waals surface area contributed by atoms with E-state index >= 15 is 0 Å². The van der Waals surface area contributed by atoms with E-state index in [1.165, 1.54) is 0 Å². The summed E-state index contributed by atoms with van der Waals surface area (Å²) in [5.41, 5.74) is 7.00. The highest BCUT2D eigenvalue weighted by atomic mass is 35.5. The Labute approximate surface area is 175 Å². The smallest absolute Gasteiger partial charge is 0.251 e. The molecule has 0 saturated carbocycles. The van der Waals surface area contributed by atoms with Gasteiger partial charge in [-0.2, -0.15) is 0 Å². The molecule has 0 saturated heterocycles. The number of likely N-dealkylation sites (N-methyl/N-ethyl adjacent to an activating group) is 1. The van der Waals surface area contributed by atoms with Crippen molar-refractivity contribution in [3.05, 3.63) is 29.8 Å². The topological polar surface area (TPSA) is 87.5 Å². The molecule has 1 rings (SSSR count). The van der Waals surface area contributed by atoms with Gasteiger partial charge in [-0.3, -0.25) is 9.59 Å². The molecule has 1 atom stereocenters. The quantitative estimate of drug-likeness (QED) is 0.542. The SMILES string of the molecule is CCN(CC)CCNC(=O)c1cccc(NC(=O)[C@@H](N)CC(C)C)c1.Cl.Cl. The van der Waals surface area contributed by atoms with Crippen LogP contribution in [0.3, 0.4) is 0 Å². The molecule has 27 heavy (non-hydrogen) atoms. The van der Waals surface area contributed by atoms with Crippen LogP contribution in [0, 0.1) is 5.92 Å². The number of nitrogens with one attached hydrogen (secondary N) is 2. The fourth-order valence-corrected chi connectivity index (χ4v) is 2.56. The van der Waals surface area contributed by atoms with E-state index in [0.29, 0.717) is 30.1 Å². The predicted molar refractivity (Wildman–Crippen MR) is 117 cm³/mol. The van der Waals surface area contributed by atoms with Crippen LogP contribution in [0.1, 0.15) is 44.5 Å². The molecule has 0 heterocycles. The molecular formula is C19H34Cl2N4O2. The molecular weight excluding hydrogens is 387 g/mol. The van der Waals surface area contributed by atoms with Crippen LogP contribution in [-0.4, -0.2) is 48.9 Å². The second-order valence-corrected chi connectivity index (χ2v) is 6.59. The van der Waals surface area contributed by atoms with Crippen molar-refractivity contribution < 1.29 is 9.59 Å². The Bertz CT molecular complexity index is 566. The van der Waals surface area contributed by atoms with E-state index < -0.39 is 6.04 Å². The van der Waals surface area contributed by atoms with Crippen LogP contribution in [0.4, 0.5) is 5.69 Å². The maximum absolute atomic E-state index is 12.3. The Morgan fingerprint density at radius 1 is 1.15 bits per heavy atom. The van der Waals surface area contributed by atoms with Gasteiger partial charge in [-0.25, -0.2) is 0 Å². The van der Waals surface area contributed by atoms with E-state index in [0.717, 1.165) is 19.6 Å². The molecule has 1 aromatic carbocycles. The summed E-state index contributed by atoms with van der Waals surface area (Å²) < 4.78 is 0. The molecule has 156 valence electrons. The third-order valence-electron chi connectivity index (χ3n) is 4.06. The van der Waals surface area contributed by atoms with Gasteiger partial charge in [0.1, 0.15) is 0 Å². The van der Waals surface area contributed by atoms with Crippen LogP contribution in [0.15, 0.2) is 24.3 Å². The van der Waals surface area contributed by atoms with Gasteiger partial charge >= 0.3 is 0 Å². The number of nitrogens with two attached hydrogens (primary N) is 1. The van der Waals surface area contributed by atoms with Gasteiger partial charge in [-0.15, -0.1) is 24.8 Å². The summed E-state index contributed by atoms with van der Waals surface area (Å²) in [4.78, 5) is 26.6. The molecule has 0 unspecified atom stereocenters. The number of rotatable bonds is 10. The molecule has 0 aliphatic rings. The standard InChI is InChI=1S/C19H32N4O2.2ClH/c1-5-23(6-2)11-10-21-18(24)15-8-7-9-16(13-15)22-19(25)17(20)12-14(3)4;;/h7-9,13-14,17H,5-6,10-12,20H2,1-4H3,(H,21,24)(H,22,25);2*1H/t17-;;/m0../s1. The van der Waals surface area contributed by atoms with Crippen molar-refractivity contribution in [2.45, 2.75) is 40.2 Å². The van der Waals surface area contributed by atoms with Gasteiger partial charge < -0.3 is 21.3 Å². The van der Waals surface area contributed by atoms with Gasteiger partial charge in [-0.1, -0.05) is 33.8 Å². The molecule has 0 aromatic heterocycles. The Balaban J connectivity index is 0. The van der Waals surface area contributed by atoms with Gasteiger partial charge in [0.05, 0.1) is 6.04 Å². The molecule has 0 aliphatic heterocycles. The third-order valence-corrected chi connectivity index (χ3v) is 4.06. The first-order valence-electron chi connectivity index (χ1n) is 9.04. The minimum Gasteiger partial charge on any atom is -0.351 e. The van der Waals surface area contributed by atoms with Crippen LogP contribution in [0.25, 0.3) is 0 Å². The zero-order valence-electron chi connectivity index (χ0n) is 16.7. The number of benzene rings is 1. The summed E-state index contributed by atoms with van der Waals surface area (Å²) >= 11 is 0. The minimum atomic E-state index is -0.549. The highest BCUT2D eigenvalue weighted by Crippen LogP contribution is 2.12. The number of halogens is 2. The number of carbonyl (C=O) groups is 2. The highest BCUT2D eigenvalue weighted by molar-refractivity contribution is 5.98. The van der Waals surface area contributed by atoms with E-state index in [4.69, 9.17) is 5.73 Å². The first kappa shape index (κ1) is 27.9. The lowest BCUT2D eigenvalue weighted by atomic mass is 10.0. The molecule has 2 amide bonds.